The molecular weight excluding hydrogens is 344 g/mol. The van der Waals surface area contributed by atoms with Gasteiger partial charge in [-0.3, -0.25) is 4.79 Å². The molecular formula is C17H17ClN4O3. The molecule has 2 aromatic rings. The molecule has 1 saturated heterocycles. The fourth-order valence-corrected chi connectivity index (χ4v) is 2.77. The second-order valence-electron chi connectivity index (χ2n) is 5.59. The van der Waals surface area contributed by atoms with E-state index in [1.807, 2.05) is 0 Å². The third kappa shape index (κ3) is 3.88. The van der Waals surface area contributed by atoms with Crippen LogP contribution in [0.1, 0.15) is 33.7 Å². The fraction of sp³-hybridized carbons (Fsp3) is 0.294. The van der Waals surface area contributed by atoms with Crippen LogP contribution in [-0.4, -0.2) is 42.0 Å². The number of carbonyl (C=O) groups is 2. The largest absolute Gasteiger partial charge is 0.465 e. The Hall–Kier alpha value is -2.67. The van der Waals surface area contributed by atoms with Gasteiger partial charge in [0, 0.05) is 13.1 Å². The molecule has 0 bridgehead atoms. The number of halogens is 1. The van der Waals surface area contributed by atoms with Gasteiger partial charge in [-0.25, -0.2) is 14.8 Å². The zero-order chi connectivity index (χ0) is 17.8. The van der Waals surface area contributed by atoms with Crippen LogP contribution in [0.5, 0.6) is 0 Å². The van der Waals surface area contributed by atoms with Gasteiger partial charge in [0.05, 0.1) is 35.8 Å². The lowest BCUT2D eigenvalue weighted by Crippen LogP contribution is -2.20. The zero-order valence-electron chi connectivity index (χ0n) is 13.7. The molecule has 3 rings (SSSR count). The molecule has 7 nitrogen and oxygen atoms in total. The van der Waals surface area contributed by atoms with Crippen molar-refractivity contribution in [3.8, 4) is 0 Å². The number of hydrogen-bond acceptors (Lipinski definition) is 6. The minimum absolute atomic E-state index is 0.169. The van der Waals surface area contributed by atoms with E-state index in [1.54, 1.807) is 6.20 Å². The molecule has 1 fully saturated rings. The SMILES string of the molecule is COC(=O)c1ccc(Cl)c(NC(=O)c2cnc(N3CCCC3)cn2)c1. The number of hydrogen-bond donors (Lipinski definition) is 1. The topological polar surface area (TPSA) is 84.4 Å². The minimum atomic E-state index is -0.512. The second-order valence-corrected chi connectivity index (χ2v) is 6.00. The summed E-state index contributed by atoms with van der Waals surface area (Å²) < 4.78 is 4.66. The number of esters is 1. The van der Waals surface area contributed by atoms with Crippen molar-refractivity contribution in [1.82, 2.24) is 9.97 Å². The minimum Gasteiger partial charge on any atom is -0.465 e. The quantitative estimate of drug-likeness (QED) is 0.844. The summed E-state index contributed by atoms with van der Waals surface area (Å²) in [5, 5.41) is 2.95. The van der Waals surface area contributed by atoms with Gasteiger partial charge in [0.1, 0.15) is 11.5 Å². The highest BCUT2D eigenvalue weighted by Gasteiger charge is 2.16. The number of rotatable bonds is 4. The smallest absolute Gasteiger partial charge is 0.337 e. The molecule has 2 heterocycles. The van der Waals surface area contributed by atoms with Gasteiger partial charge in [0.25, 0.3) is 5.91 Å². The maximum atomic E-state index is 12.3. The lowest BCUT2D eigenvalue weighted by Gasteiger charge is -2.15. The van der Waals surface area contributed by atoms with Crippen molar-refractivity contribution < 1.29 is 14.3 Å². The number of carbonyl (C=O) groups excluding carboxylic acids is 2. The summed E-state index contributed by atoms with van der Waals surface area (Å²) in [5.41, 5.74) is 0.764. The Morgan fingerprint density at radius 1 is 1.20 bits per heavy atom. The molecule has 0 unspecified atom stereocenters. The van der Waals surface area contributed by atoms with Crippen LogP contribution in [0, 0.1) is 0 Å². The van der Waals surface area contributed by atoms with Gasteiger partial charge in [-0.2, -0.15) is 0 Å². The third-order valence-electron chi connectivity index (χ3n) is 3.94. The van der Waals surface area contributed by atoms with E-state index in [-0.39, 0.29) is 11.3 Å². The normalized spacial score (nSPS) is 13.6. The number of anilines is 2. The molecule has 0 aliphatic carbocycles. The van der Waals surface area contributed by atoms with Gasteiger partial charge in [0.15, 0.2) is 0 Å². The van der Waals surface area contributed by atoms with E-state index in [4.69, 9.17) is 11.6 Å². The monoisotopic (exact) mass is 360 g/mol. The van der Waals surface area contributed by atoms with Crippen LogP contribution in [0.15, 0.2) is 30.6 Å². The first-order chi connectivity index (χ1) is 12.1. The van der Waals surface area contributed by atoms with Gasteiger partial charge >= 0.3 is 5.97 Å². The molecule has 0 spiro atoms. The number of nitrogens with zero attached hydrogens (tertiary/aromatic N) is 3. The summed E-state index contributed by atoms with van der Waals surface area (Å²) in [6, 6.07) is 4.50. The number of ether oxygens (including phenoxy) is 1. The van der Waals surface area contributed by atoms with E-state index in [2.05, 4.69) is 24.9 Å². The number of aromatic nitrogens is 2. The maximum Gasteiger partial charge on any atom is 0.337 e. The standard InChI is InChI=1S/C17H17ClN4O3/c1-25-17(24)11-4-5-12(18)13(8-11)21-16(23)14-9-20-15(10-19-14)22-6-2-3-7-22/h4-5,8-10H,2-3,6-7H2,1H3,(H,21,23). The van der Waals surface area contributed by atoms with E-state index in [0.29, 0.717) is 10.7 Å². The van der Waals surface area contributed by atoms with Gasteiger partial charge in [-0.15, -0.1) is 0 Å². The zero-order valence-corrected chi connectivity index (χ0v) is 14.4. The first kappa shape index (κ1) is 17.2. The van der Waals surface area contributed by atoms with E-state index in [1.165, 1.54) is 31.5 Å². The van der Waals surface area contributed by atoms with Crippen LogP contribution in [0.3, 0.4) is 0 Å². The average Bonchev–Trinajstić information content (AvgIpc) is 3.17. The van der Waals surface area contributed by atoms with Gasteiger partial charge in [-0.1, -0.05) is 11.6 Å². The Balaban J connectivity index is 1.74. The van der Waals surface area contributed by atoms with Crippen molar-refractivity contribution in [3.63, 3.8) is 0 Å². The van der Waals surface area contributed by atoms with Crippen molar-refractivity contribution >= 4 is 35.0 Å². The first-order valence-electron chi connectivity index (χ1n) is 7.84. The molecule has 1 N–H and O–H groups in total. The molecule has 1 aliphatic heterocycles. The van der Waals surface area contributed by atoms with Gasteiger partial charge in [-0.05, 0) is 31.0 Å². The van der Waals surface area contributed by atoms with Crippen molar-refractivity contribution in [1.29, 1.82) is 0 Å². The Bertz CT molecular complexity index is 789. The molecule has 25 heavy (non-hydrogen) atoms. The lowest BCUT2D eigenvalue weighted by molar-refractivity contribution is 0.0600. The van der Waals surface area contributed by atoms with E-state index in [0.717, 1.165) is 31.7 Å². The number of nitrogens with one attached hydrogen (secondary N) is 1. The average molecular weight is 361 g/mol. The highest BCUT2D eigenvalue weighted by molar-refractivity contribution is 6.34. The Labute approximate surface area is 150 Å². The number of methoxy groups -OCH3 is 1. The lowest BCUT2D eigenvalue weighted by atomic mass is 10.2. The highest BCUT2D eigenvalue weighted by atomic mass is 35.5. The third-order valence-corrected chi connectivity index (χ3v) is 4.27. The summed E-state index contributed by atoms with van der Waals surface area (Å²) in [6.45, 7) is 1.91. The van der Waals surface area contributed by atoms with Gasteiger partial charge in [0.2, 0.25) is 0 Å². The molecule has 0 atom stereocenters. The number of benzene rings is 1. The predicted molar refractivity (Wildman–Crippen MR) is 94.2 cm³/mol. The van der Waals surface area contributed by atoms with E-state index in [9.17, 15) is 9.59 Å². The molecule has 8 heteroatoms. The van der Waals surface area contributed by atoms with Crippen molar-refractivity contribution in [3.05, 3.63) is 46.9 Å². The number of amides is 1. The summed E-state index contributed by atoms with van der Waals surface area (Å²) in [7, 11) is 1.28. The molecule has 1 aliphatic rings. The van der Waals surface area contributed by atoms with Crippen LogP contribution in [0.25, 0.3) is 0 Å². The van der Waals surface area contributed by atoms with Crippen molar-refractivity contribution in [2.45, 2.75) is 12.8 Å². The summed E-state index contributed by atoms with van der Waals surface area (Å²) in [5.74, 6) is -0.203. The van der Waals surface area contributed by atoms with Crippen LogP contribution < -0.4 is 10.2 Å². The molecule has 1 amide bonds. The molecule has 0 radical (unpaired) electrons. The van der Waals surface area contributed by atoms with Crippen LogP contribution in [-0.2, 0) is 4.74 Å². The fourth-order valence-electron chi connectivity index (χ4n) is 2.60. The highest BCUT2D eigenvalue weighted by Crippen LogP contribution is 2.24. The van der Waals surface area contributed by atoms with Crippen LogP contribution >= 0.6 is 11.6 Å². The van der Waals surface area contributed by atoms with Crippen molar-refractivity contribution in [2.75, 3.05) is 30.4 Å². The Kier molecular flexibility index (Phi) is 5.14. The molecule has 1 aromatic heterocycles. The Morgan fingerprint density at radius 3 is 2.60 bits per heavy atom. The predicted octanol–water partition coefficient (Wildman–Crippen LogP) is 2.77. The van der Waals surface area contributed by atoms with Crippen LogP contribution in [0.4, 0.5) is 11.5 Å². The van der Waals surface area contributed by atoms with Crippen LogP contribution in [0.2, 0.25) is 5.02 Å². The molecule has 0 saturated carbocycles. The second kappa shape index (κ2) is 7.48. The molecule has 130 valence electrons. The molecule has 1 aromatic carbocycles. The van der Waals surface area contributed by atoms with Crippen molar-refractivity contribution in [2.24, 2.45) is 0 Å². The van der Waals surface area contributed by atoms with Gasteiger partial charge < -0.3 is 15.0 Å². The first-order valence-corrected chi connectivity index (χ1v) is 8.22. The summed E-state index contributed by atoms with van der Waals surface area (Å²) in [4.78, 5) is 34.5. The Morgan fingerprint density at radius 2 is 1.96 bits per heavy atom. The van der Waals surface area contributed by atoms with E-state index >= 15 is 0 Å². The van der Waals surface area contributed by atoms with E-state index < -0.39 is 11.9 Å². The summed E-state index contributed by atoms with van der Waals surface area (Å²) in [6.07, 6.45) is 5.30. The summed E-state index contributed by atoms with van der Waals surface area (Å²) >= 11 is 6.08. The maximum absolute atomic E-state index is 12.3.